The Kier molecular flexibility index (Phi) is 3.51. The highest BCUT2D eigenvalue weighted by Gasteiger charge is 2.67. The summed E-state index contributed by atoms with van der Waals surface area (Å²) in [7, 11) is 0. The summed E-state index contributed by atoms with van der Waals surface area (Å²) < 4.78 is 12.9. The zero-order valence-electron chi connectivity index (χ0n) is 13.3. The van der Waals surface area contributed by atoms with Gasteiger partial charge in [-0.1, -0.05) is 0 Å². The fourth-order valence-corrected chi connectivity index (χ4v) is 5.10. The molecular weight excluding hydrogens is 293 g/mol. The van der Waals surface area contributed by atoms with Crippen LogP contribution in [-0.4, -0.2) is 17.7 Å². The summed E-state index contributed by atoms with van der Waals surface area (Å²) in [5, 5.41) is 3.02. The molecular formula is C19H22FNO2. The molecule has 0 saturated heterocycles. The van der Waals surface area contributed by atoms with E-state index in [4.69, 9.17) is 0 Å². The first kappa shape index (κ1) is 14.9. The zero-order valence-corrected chi connectivity index (χ0v) is 13.3. The molecule has 0 spiro atoms. The normalized spacial score (nSPS) is 34.8. The Labute approximate surface area is 135 Å². The molecule has 4 rings (SSSR count). The SMILES string of the molecule is C[C@H](CC(=O)c1ccc(F)cc1)NC(=O)C1[C@@H]2[C@H]3CC[C@@H](C3)[C@H]12. The molecule has 0 aromatic heterocycles. The van der Waals surface area contributed by atoms with Crippen LogP contribution in [-0.2, 0) is 4.79 Å². The highest BCUT2D eigenvalue weighted by atomic mass is 19.1. The van der Waals surface area contributed by atoms with Gasteiger partial charge in [0.25, 0.3) is 0 Å². The van der Waals surface area contributed by atoms with Gasteiger partial charge in [0, 0.05) is 23.9 Å². The predicted molar refractivity (Wildman–Crippen MR) is 84.3 cm³/mol. The summed E-state index contributed by atoms with van der Waals surface area (Å²) in [6.07, 6.45) is 4.19. The van der Waals surface area contributed by atoms with Crippen LogP contribution in [0.3, 0.4) is 0 Å². The second-order valence-corrected chi connectivity index (χ2v) is 7.56. The van der Waals surface area contributed by atoms with Crippen LogP contribution in [0, 0.1) is 35.4 Å². The quantitative estimate of drug-likeness (QED) is 0.848. The summed E-state index contributed by atoms with van der Waals surface area (Å²) in [4.78, 5) is 24.6. The minimum Gasteiger partial charge on any atom is -0.353 e. The highest BCUT2D eigenvalue weighted by Crippen LogP contribution is 2.69. The number of amides is 1. The van der Waals surface area contributed by atoms with Gasteiger partial charge in [0.05, 0.1) is 0 Å². The number of halogens is 1. The number of benzene rings is 1. The molecule has 2 bridgehead atoms. The van der Waals surface area contributed by atoms with Crippen molar-refractivity contribution in [1.82, 2.24) is 5.32 Å². The maximum atomic E-state index is 12.9. The van der Waals surface area contributed by atoms with Crippen molar-refractivity contribution in [2.24, 2.45) is 29.6 Å². The van der Waals surface area contributed by atoms with Crippen LogP contribution >= 0.6 is 0 Å². The molecule has 4 heteroatoms. The number of ketones is 1. The first-order valence-electron chi connectivity index (χ1n) is 8.63. The summed E-state index contributed by atoms with van der Waals surface area (Å²) in [5.41, 5.74) is 0.494. The van der Waals surface area contributed by atoms with Gasteiger partial charge in [-0.3, -0.25) is 9.59 Å². The fourth-order valence-electron chi connectivity index (χ4n) is 5.10. The molecule has 3 aliphatic carbocycles. The van der Waals surface area contributed by atoms with E-state index < -0.39 is 0 Å². The molecule has 6 atom stereocenters. The van der Waals surface area contributed by atoms with E-state index in [1.165, 1.54) is 43.5 Å². The van der Waals surface area contributed by atoms with Crippen molar-refractivity contribution in [1.29, 1.82) is 0 Å². The molecule has 23 heavy (non-hydrogen) atoms. The Balaban J connectivity index is 1.30. The fraction of sp³-hybridized carbons (Fsp3) is 0.579. The molecule has 3 nitrogen and oxygen atoms in total. The summed E-state index contributed by atoms with van der Waals surface area (Å²) >= 11 is 0. The van der Waals surface area contributed by atoms with Gasteiger partial charge >= 0.3 is 0 Å². The number of Topliss-reactive ketones (excluding diaryl/α,β-unsaturated/α-hetero) is 1. The summed E-state index contributed by atoms with van der Waals surface area (Å²) in [6, 6.07) is 5.39. The van der Waals surface area contributed by atoms with Gasteiger partial charge in [-0.15, -0.1) is 0 Å². The van der Waals surface area contributed by atoms with Crippen LogP contribution in [0.1, 0.15) is 43.0 Å². The Morgan fingerprint density at radius 1 is 1.17 bits per heavy atom. The van der Waals surface area contributed by atoms with Gasteiger partial charge in [-0.05, 0) is 74.1 Å². The van der Waals surface area contributed by atoms with Gasteiger partial charge in [0.2, 0.25) is 5.91 Å². The van der Waals surface area contributed by atoms with Gasteiger partial charge < -0.3 is 5.32 Å². The standard InChI is InChI=1S/C19H22FNO2/c1-10(8-15(22)11-4-6-14(20)7-5-11)21-19(23)18-16-12-2-3-13(9-12)17(16)18/h4-7,10,12-13,16-18H,2-3,8-9H2,1H3,(H,21,23)/t10-,12+,13+,16-,17+,18?/m1/s1. The number of hydrogen-bond donors (Lipinski definition) is 1. The maximum Gasteiger partial charge on any atom is 0.223 e. The monoisotopic (exact) mass is 315 g/mol. The maximum absolute atomic E-state index is 12.9. The molecule has 1 unspecified atom stereocenters. The zero-order chi connectivity index (χ0) is 16.1. The second-order valence-electron chi connectivity index (χ2n) is 7.56. The first-order valence-corrected chi connectivity index (χ1v) is 8.63. The van der Waals surface area contributed by atoms with E-state index in [2.05, 4.69) is 5.32 Å². The van der Waals surface area contributed by atoms with Crippen molar-refractivity contribution in [3.05, 3.63) is 35.6 Å². The molecule has 1 amide bonds. The summed E-state index contributed by atoms with van der Waals surface area (Å²) in [5.74, 6) is 2.71. The smallest absolute Gasteiger partial charge is 0.223 e. The van der Waals surface area contributed by atoms with E-state index >= 15 is 0 Å². The van der Waals surface area contributed by atoms with E-state index in [9.17, 15) is 14.0 Å². The number of fused-ring (bicyclic) bond motifs is 5. The molecule has 3 aliphatic rings. The second kappa shape index (κ2) is 5.43. The van der Waals surface area contributed by atoms with Gasteiger partial charge in [0.15, 0.2) is 5.78 Å². The third-order valence-electron chi connectivity index (χ3n) is 6.08. The van der Waals surface area contributed by atoms with E-state index in [1.54, 1.807) is 0 Å². The molecule has 1 aromatic carbocycles. The Hall–Kier alpha value is -1.71. The average Bonchev–Trinajstić information content (AvgIpc) is 2.96. The average molecular weight is 315 g/mol. The van der Waals surface area contributed by atoms with Crippen LogP contribution in [0.5, 0.6) is 0 Å². The van der Waals surface area contributed by atoms with Crippen LogP contribution in [0.15, 0.2) is 24.3 Å². The Morgan fingerprint density at radius 2 is 1.78 bits per heavy atom. The molecule has 0 heterocycles. The molecule has 1 N–H and O–H groups in total. The molecule has 0 radical (unpaired) electrons. The van der Waals surface area contributed by atoms with Crippen molar-refractivity contribution in [3.8, 4) is 0 Å². The number of nitrogens with one attached hydrogen (secondary N) is 1. The third-order valence-corrected chi connectivity index (χ3v) is 6.08. The molecule has 3 fully saturated rings. The number of rotatable bonds is 5. The lowest BCUT2D eigenvalue weighted by Crippen LogP contribution is -2.36. The van der Waals surface area contributed by atoms with Crippen LogP contribution in [0.25, 0.3) is 0 Å². The van der Waals surface area contributed by atoms with Gasteiger partial charge in [0.1, 0.15) is 5.82 Å². The topological polar surface area (TPSA) is 46.2 Å². The first-order chi connectivity index (χ1) is 11.0. The number of hydrogen-bond acceptors (Lipinski definition) is 2. The Bertz CT molecular complexity index is 625. The van der Waals surface area contributed by atoms with Crippen LogP contribution in [0.4, 0.5) is 4.39 Å². The number of carbonyl (C=O) groups is 2. The minimum absolute atomic E-state index is 0.0612. The molecule has 3 saturated carbocycles. The van der Waals surface area contributed by atoms with Crippen LogP contribution in [0.2, 0.25) is 0 Å². The minimum atomic E-state index is -0.349. The van der Waals surface area contributed by atoms with E-state index in [-0.39, 0.29) is 35.9 Å². The van der Waals surface area contributed by atoms with E-state index in [0.717, 1.165) is 11.8 Å². The third kappa shape index (κ3) is 2.58. The van der Waals surface area contributed by atoms with Crippen molar-refractivity contribution in [2.45, 2.75) is 38.6 Å². The van der Waals surface area contributed by atoms with Crippen LogP contribution < -0.4 is 5.32 Å². The van der Waals surface area contributed by atoms with E-state index in [0.29, 0.717) is 17.4 Å². The largest absolute Gasteiger partial charge is 0.353 e. The van der Waals surface area contributed by atoms with E-state index in [1.807, 2.05) is 6.92 Å². The lowest BCUT2D eigenvalue weighted by molar-refractivity contribution is -0.123. The Morgan fingerprint density at radius 3 is 2.39 bits per heavy atom. The van der Waals surface area contributed by atoms with Crippen molar-refractivity contribution >= 4 is 11.7 Å². The lowest BCUT2D eigenvalue weighted by Gasteiger charge is -2.15. The number of carbonyl (C=O) groups excluding carboxylic acids is 2. The molecule has 1 aromatic rings. The van der Waals surface area contributed by atoms with Gasteiger partial charge in [-0.25, -0.2) is 4.39 Å². The predicted octanol–water partition coefficient (Wildman–Crippen LogP) is 3.20. The highest BCUT2D eigenvalue weighted by molar-refractivity contribution is 5.96. The summed E-state index contributed by atoms with van der Waals surface area (Å²) in [6.45, 7) is 1.87. The van der Waals surface area contributed by atoms with Gasteiger partial charge in [-0.2, -0.15) is 0 Å². The van der Waals surface area contributed by atoms with Crippen molar-refractivity contribution < 1.29 is 14.0 Å². The molecule has 0 aliphatic heterocycles. The van der Waals surface area contributed by atoms with Crippen molar-refractivity contribution in [3.63, 3.8) is 0 Å². The van der Waals surface area contributed by atoms with Crippen molar-refractivity contribution in [2.75, 3.05) is 0 Å². The molecule has 122 valence electrons. The lowest BCUT2D eigenvalue weighted by atomic mass is 10.0.